The zero-order chi connectivity index (χ0) is 37.7. The van der Waals surface area contributed by atoms with Crippen molar-refractivity contribution in [3.8, 4) is 0 Å². The Hall–Kier alpha value is -5.55. The second kappa shape index (κ2) is 18.8. The number of H-pyrrole nitrogens is 1. The number of ether oxygens (including phenoxy) is 2. The van der Waals surface area contributed by atoms with E-state index in [0.717, 1.165) is 0 Å². The van der Waals surface area contributed by atoms with Crippen molar-refractivity contribution in [1.29, 1.82) is 0 Å². The largest absolute Gasteiger partial charge is 0.490 e. The minimum Gasteiger partial charge on any atom is -0.423 e. The first kappa shape index (κ1) is 38.7. The molecule has 0 unspecified atom stereocenters. The summed E-state index contributed by atoms with van der Waals surface area (Å²) in [5, 5.41) is 18.5. The highest BCUT2D eigenvalue weighted by molar-refractivity contribution is 6.60. The lowest BCUT2D eigenvalue weighted by Gasteiger charge is -2.39. The lowest BCUT2D eigenvalue weighted by Crippen LogP contribution is -2.56. The van der Waals surface area contributed by atoms with E-state index in [1.807, 2.05) is 13.0 Å². The Morgan fingerprint density at radius 2 is 1.57 bits per heavy atom. The molecule has 1 fully saturated rings. The number of rotatable bonds is 16. The normalized spacial score (nSPS) is 14.1. The Morgan fingerprint density at radius 1 is 0.868 bits per heavy atom. The molecule has 4 aromatic rings. The zero-order valence-electron chi connectivity index (χ0n) is 29.6. The van der Waals surface area contributed by atoms with Crippen molar-refractivity contribution >= 4 is 58.7 Å². The Balaban J connectivity index is 0.995. The lowest BCUT2D eigenvalue weighted by atomic mass is 9.79. The Labute approximate surface area is 307 Å². The Kier molecular flexibility index (Phi) is 13.7. The van der Waals surface area contributed by atoms with Crippen LogP contribution in [0.4, 0.5) is 10.5 Å². The second-order valence-electron chi connectivity index (χ2n) is 12.3. The quantitative estimate of drug-likeness (QED) is 0.0495. The van der Waals surface area contributed by atoms with Crippen molar-refractivity contribution in [3.63, 3.8) is 0 Å². The molecular weight excluding hydrogens is 683 g/mol. The van der Waals surface area contributed by atoms with Crippen LogP contribution in [0.1, 0.15) is 38.0 Å². The first-order valence-corrected chi connectivity index (χ1v) is 17.3. The van der Waals surface area contributed by atoms with E-state index in [-0.39, 0.29) is 62.9 Å². The van der Waals surface area contributed by atoms with Crippen molar-refractivity contribution in [2.24, 2.45) is 0 Å². The molecule has 1 aromatic heterocycles. The molecule has 278 valence electrons. The highest BCUT2D eigenvalue weighted by Gasteiger charge is 2.34. The van der Waals surface area contributed by atoms with Crippen LogP contribution < -0.4 is 21.4 Å². The third-order valence-electron chi connectivity index (χ3n) is 8.69. The van der Waals surface area contributed by atoms with E-state index in [2.05, 4.69) is 20.9 Å². The molecule has 2 heterocycles. The number of ketones is 1. The number of amides is 5. The number of nitrogens with zero attached hydrogens (tertiary/aromatic N) is 2. The maximum absolute atomic E-state index is 13.4. The molecule has 1 aliphatic heterocycles. The number of urea groups is 1. The van der Waals surface area contributed by atoms with Crippen molar-refractivity contribution in [2.45, 2.75) is 13.0 Å². The van der Waals surface area contributed by atoms with E-state index in [4.69, 9.17) is 14.1 Å². The summed E-state index contributed by atoms with van der Waals surface area (Å²) < 4.78 is 15.9. The van der Waals surface area contributed by atoms with Gasteiger partial charge in [0.05, 0.1) is 43.2 Å². The summed E-state index contributed by atoms with van der Waals surface area (Å²) in [5.41, 5.74) is 2.56. The molecule has 1 aliphatic rings. The molecule has 0 bridgehead atoms. The van der Waals surface area contributed by atoms with E-state index in [1.165, 1.54) is 18.2 Å². The van der Waals surface area contributed by atoms with E-state index in [9.17, 15) is 29.0 Å². The van der Waals surface area contributed by atoms with Gasteiger partial charge in [-0.2, -0.15) is 0 Å². The number of nitrogens with one attached hydrogen (secondary N) is 4. The number of hydrogen-bond donors (Lipinski definition) is 5. The highest BCUT2D eigenvalue weighted by atomic mass is 16.5. The summed E-state index contributed by atoms with van der Waals surface area (Å²) in [4.78, 5) is 70.8. The van der Waals surface area contributed by atoms with Crippen LogP contribution in [0.5, 0.6) is 0 Å². The van der Waals surface area contributed by atoms with Gasteiger partial charge in [-0.3, -0.25) is 19.2 Å². The van der Waals surface area contributed by atoms with Gasteiger partial charge in [-0.1, -0.05) is 42.5 Å². The molecule has 5 rings (SSSR count). The van der Waals surface area contributed by atoms with E-state index < -0.39 is 24.8 Å². The molecule has 0 saturated carbocycles. The van der Waals surface area contributed by atoms with Crippen LogP contribution in [-0.4, -0.2) is 129 Å². The number of hydrogen-bond acceptors (Lipinski definition) is 9. The third kappa shape index (κ3) is 10.1. The fraction of sp³-hybridized carbons (Fsp3) is 0.324. The average molecular weight is 727 g/mol. The first-order chi connectivity index (χ1) is 25.7. The van der Waals surface area contributed by atoms with Gasteiger partial charge >= 0.3 is 13.1 Å². The maximum atomic E-state index is 13.4. The van der Waals surface area contributed by atoms with Crippen LogP contribution in [-0.2, 0) is 18.9 Å². The first-order valence-electron chi connectivity index (χ1n) is 17.3. The second-order valence-corrected chi connectivity index (χ2v) is 12.3. The predicted molar refractivity (Wildman–Crippen MR) is 198 cm³/mol. The van der Waals surface area contributed by atoms with Crippen molar-refractivity contribution < 1.29 is 43.1 Å². The van der Waals surface area contributed by atoms with Gasteiger partial charge in [0.1, 0.15) is 0 Å². The van der Waals surface area contributed by atoms with Gasteiger partial charge in [0, 0.05) is 68.6 Å². The number of aromatic nitrogens is 1. The van der Waals surface area contributed by atoms with E-state index in [0.29, 0.717) is 52.9 Å². The molecule has 16 heteroatoms. The summed E-state index contributed by atoms with van der Waals surface area (Å²) in [6, 6.07) is 19.7. The average Bonchev–Trinajstić information content (AvgIpc) is 3.63. The van der Waals surface area contributed by atoms with Crippen LogP contribution in [0.2, 0.25) is 0 Å². The molecule has 1 atom stereocenters. The SMILES string of the molecule is COB(O)c1cccc(C(=O)NCCOCCOCCNC(=O)Nc2cccc3c(C(=O)C(=O)N4CCN(C(=O)c5ccccc5)C[C@H]4C)c[nH]c23)c1. The summed E-state index contributed by atoms with van der Waals surface area (Å²) in [6.07, 6.45) is 1.46. The fourth-order valence-corrected chi connectivity index (χ4v) is 5.93. The summed E-state index contributed by atoms with van der Waals surface area (Å²) in [7, 11) is 0.266. The van der Waals surface area contributed by atoms with E-state index in [1.54, 1.807) is 71.6 Å². The summed E-state index contributed by atoms with van der Waals surface area (Å²) in [6.45, 7) is 4.26. The van der Waals surface area contributed by atoms with Crippen molar-refractivity contribution in [3.05, 3.63) is 95.7 Å². The standard InChI is InChI=1S/C37H43BN6O9/c1-25-24-43(35(47)26-8-4-3-5-9-26)16-17-44(25)36(48)33(45)30-23-41-32-29(30)12-7-13-31(32)42-37(49)40-15-19-53-21-20-52-18-14-39-34(46)27-10-6-11-28(22-27)38(50)51-2/h3-13,22-23,25,41,50H,14-21,24H2,1-2H3,(H,39,46)(H2,40,42,49)/t25-/m1/s1. The van der Waals surface area contributed by atoms with Gasteiger partial charge in [0.25, 0.3) is 23.5 Å². The van der Waals surface area contributed by atoms with Crippen molar-refractivity contribution in [2.75, 3.05) is 71.6 Å². The molecule has 5 amide bonds. The number of Topliss-reactive ketones (excluding diaryl/α,β-unsaturated/α-hetero) is 1. The maximum Gasteiger partial charge on any atom is 0.490 e. The van der Waals surface area contributed by atoms with Gasteiger partial charge < -0.3 is 49.9 Å². The monoisotopic (exact) mass is 726 g/mol. The van der Waals surface area contributed by atoms with Crippen LogP contribution in [0.3, 0.4) is 0 Å². The van der Waals surface area contributed by atoms with Crippen LogP contribution in [0.15, 0.2) is 79.0 Å². The third-order valence-corrected chi connectivity index (χ3v) is 8.69. The number of piperazine rings is 1. The van der Waals surface area contributed by atoms with Gasteiger partial charge in [-0.05, 0) is 42.7 Å². The number of anilines is 1. The number of carbonyl (C=O) groups excluding carboxylic acids is 5. The molecule has 53 heavy (non-hydrogen) atoms. The number of benzene rings is 3. The van der Waals surface area contributed by atoms with Crippen LogP contribution >= 0.6 is 0 Å². The molecular formula is C37H43BN6O9. The van der Waals surface area contributed by atoms with Crippen molar-refractivity contribution in [1.82, 2.24) is 25.4 Å². The number of para-hydroxylation sites is 1. The molecule has 0 aliphatic carbocycles. The summed E-state index contributed by atoms with van der Waals surface area (Å²) >= 11 is 0. The number of carbonyl (C=O) groups is 5. The van der Waals surface area contributed by atoms with Gasteiger partial charge in [0.15, 0.2) is 0 Å². The smallest absolute Gasteiger partial charge is 0.423 e. The number of fused-ring (bicyclic) bond motifs is 1. The van der Waals surface area contributed by atoms with Crippen LogP contribution in [0.25, 0.3) is 10.9 Å². The topological polar surface area (TPSA) is 192 Å². The molecule has 0 spiro atoms. The number of aromatic amines is 1. The molecule has 1 saturated heterocycles. The highest BCUT2D eigenvalue weighted by Crippen LogP contribution is 2.27. The minimum atomic E-state index is -1.11. The Morgan fingerprint density at radius 3 is 2.28 bits per heavy atom. The lowest BCUT2D eigenvalue weighted by molar-refractivity contribution is -0.130. The zero-order valence-corrected chi connectivity index (χ0v) is 29.6. The Bertz CT molecular complexity index is 1910. The fourth-order valence-electron chi connectivity index (χ4n) is 5.93. The molecule has 5 N–H and O–H groups in total. The van der Waals surface area contributed by atoms with E-state index >= 15 is 0 Å². The molecule has 0 radical (unpaired) electrons. The van der Waals surface area contributed by atoms with Crippen LogP contribution in [0, 0.1) is 0 Å². The molecule has 3 aromatic carbocycles. The van der Waals surface area contributed by atoms with Gasteiger partial charge in [-0.25, -0.2) is 4.79 Å². The van der Waals surface area contributed by atoms with Gasteiger partial charge in [0.2, 0.25) is 0 Å². The molecule has 15 nitrogen and oxygen atoms in total. The summed E-state index contributed by atoms with van der Waals surface area (Å²) in [5.74, 6) is -1.74. The minimum absolute atomic E-state index is 0.115. The predicted octanol–water partition coefficient (Wildman–Crippen LogP) is 1.64. The van der Waals surface area contributed by atoms with Gasteiger partial charge in [-0.15, -0.1) is 0 Å².